The van der Waals surface area contributed by atoms with Gasteiger partial charge < -0.3 is 10.2 Å². The molecular weight excluding hydrogens is 272 g/mol. The lowest BCUT2D eigenvalue weighted by Crippen LogP contribution is -2.28. The molecule has 1 aliphatic rings. The lowest BCUT2D eigenvalue weighted by molar-refractivity contribution is -0.127. The van der Waals surface area contributed by atoms with Gasteiger partial charge in [-0.2, -0.15) is 11.8 Å². The van der Waals surface area contributed by atoms with Crippen molar-refractivity contribution in [2.24, 2.45) is 0 Å². The molecule has 0 aromatic heterocycles. The van der Waals surface area contributed by atoms with Crippen molar-refractivity contribution < 1.29 is 9.59 Å². The van der Waals surface area contributed by atoms with Crippen LogP contribution in [0, 0.1) is 0 Å². The van der Waals surface area contributed by atoms with Crippen LogP contribution in [0.4, 0.5) is 0 Å². The summed E-state index contributed by atoms with van der Waals surface area (Å²) in [6.07, 6.45) is 4.09. The van der Waals surface area contributed by atoms with Crippen LogP contribution in [-0.4, -0.2) is 41.8 Å². The molecule has 2 amide bonds. The van der Waals surface area contributed by atoms with E-state index >= 15 is 0 Å². The van der Waals surface area contributed by atoms with Crippen molar-refractivity contribution in [1.82, 2.24) is 10.2 Å². The Hall–Kier alpha value is -1.49. The van der Waals surface area contributed by atoms with Crippen LogP contribution in [0.15, 0.2) is 24.3 Å². The molecule has 20 heavy (non-hydrogen) atoms. The van der Waals surface area contributed by atoms with E-state index in [4.69, 9.17) is 0 Å². The first-order valence-electron chi connectivity index (χ1n) is 6.73. The van der Waals surface area contributed by atoms with Gasteiger partial charge in [0.1, 0.15) is 0 Å². The van der Waals surface area contributed by atoms with Gasteiger partial charge in [0.05, 0.1) is 5.75 Å². The molecule has 0 saturated heterocycles. The third-order valence-corrected chi connectivity index (χ3v) is 3.78. The lowest BCUT2D eigenvalue weighted by Gasteiger charge is -2.16. The van der Waals surface area contributed by atoms with E-state index in [-0.39, 0.29) is 11.8 Å². The quantitative estimate of drug-likeness (QED) is 0.871. The molecule has 2 rings (SSSR count). The molecule has 1 saturated carbocycles. The van der Waals surface area contributed by atoms with E-state index in [1.54, 1.807) is 11.9 Å². The first-order chi connectivity index (χ1) is 9.60. The third kappa shape index (κ3) is 4.27. The fourth-order valence-electron chi connectivity index (χ4n) is 1.85. The van der Waals surface area contributed by atoms with Crippen molar-refractivity contribution in [3.63, 3.8) is 0 Å². The highest BCUT2D eigenvalue weighted by Crippen LogP contribution is 2.19. The highest BCUT2D eigenvalue weighted by Gasteiger charge is 2.23. The SMILES string of the molecule is CSCC(=O)N(C)Cc1ccc(C(=O)NC2CC2)cc1. The van der Waals surface area contributed by atoms with Gasteiger partial charge in [0.15, 0.2) is 0 Å². The topological polar surface area (TPSA) is 49.4 Å². The predicted molar refractivity (Wildman–Crippen MR) is 81.8 cm³/mol. The number of hydrogen-bond acceptors (Lipinski definition) is 3. The Bertz CT molecular complexity index is 483. The van der Waals surface area contributed by atoms with Crippen LogP contribution in [0.2, 0.25) is 0 Å². The van der Waals surface area contributed by atoms with Gasteiger partial charge >= 0.3 is 0 Å². The Morgan fingerprint density at radius 3 is 2.50 bits per heavy atom. The van der Waals surface area contributed by atoms with Crippen molar-refractivity contribution in [3.05, 3.63) is 35.4 Å². The van der Waals surface area contributed by atoms with Crippen molar-refractivity contribution in [2.45, 2.75) is 25.4 Å². The molecule has 0 unspecified atom stereocenters. The second kappa shape index (κ2) is 6.79. The number of nitrogens with zero attached hydrogens (tertiary/aromatic N) is 1. The molecule has 0 aliphatic heterocycles. The number of thioether (sulfide) groups is 1. The maximum Gasteiger partial charge on any atom is 0.251 e. The van der Waals surface area contributed by atoms with Gasteiger partial charge in [0.2, 0.25) is 5.91 Å². The Kier molecular flexibility index (Phi) is 5.06. The second-order valence-electron chi connectivity index (χ2n) is 5.13. The van der Waals surface area contributed by atoms with E-state index in [0.717, 1.165) is 18.4 Å². The molecule has 1 fully saturated rings. The summed E-state index contributed by atoms with van der Waals surface area (Å²) in [5.74, 6) is 0.608. The Morgan fingerprint density at radius 2 is 1.95 bits per heavy atom. The zero-order chi connectivity index (χ0) is 14.5. The summed E-state index contributed by atoms with van der Waals surface area (Å²) in [5.41, 5.74) is 1.71. The summed E-state index contributed by atoms with van der Waals surface area (Å²) in [6.45, 7) is 0.573. The second-order valence-corrected chi connectivity index (χ2v) is 5.99. The number of hydrogen-bond donors (Lipinski definition) is 1. The molecule has 0 heterocycles. The summed E-state index contributed by atoms with van der Waals surface area (Å²) < 4.78 is 0. The normalized spacial score (nSPS) is 13.9. The number of rotatable bonds is 6. The average Bonchev–Trinajstić information content (AvgIpc) is 3.23. The minimum atomic E-state index is -0.00846. The first-order valence-corrected chi connectivity index (χ1v) is 8.12. The van der Waals surface area contributed by atoms with E-state index in [1.165, 1.54) is 11.8 Å². The van der Waals surface area contributed by atoms with Crippen LogP contribution in [0.1, 0.15) is 28.8 Å². The molecule has 1 aromatic rings. The number of carbonyl (C=O) groups is 2. The fraction of sp³-hybridized carbons (Fsp3) is 0.467. The van der Waals surface area contributed by atoms with Gasteiger partial charge in [-0.3, -0.25) is 9.59 Å². The van der Waals surface area contributed by atoms with Crippen molar-refractivity contribution >= 4 is 23.6 Å². The van der Waals surface area contributed by atoms with Crippen LogP contribution < -0.4 is 5.32 Å². The monoisotopic (exact) mass is 292 g/mol. The van der Waals surface area contributed by atoms with Gasteiger partial charge in [-0.15, -0.1) is 0 Å². The van der Waals surface area contributed by atoms with Crippen molar-refractivity contribution in [1.29, 1.82) is 0 Å². The van der Waals surface area contributed by atoms with Crippen LogP contribution >= 0.6 is 11.8 Å². The van der Waals surface area contributed by atoms with Gasteiger partial charge in [-0.05, 0) is 36.8 Å². The molecule has 4 nitrogen and oxygen atoms in total. The summed E-state index contributed by atoms with van der Waals surface area (Å²) >= 11 is 1.52. The van der Waals surface area contributed by atoms with E-state index < -0.39 is 0 Å². The average molecular weight is 292 g/mol. The maximum atomic E-state index is 11.8. The van der Waals surface area contributed by atoms with E-state index in [2.05, 4.69) is 5.32 Å². The zero-order valence-electron chi connectivity index (χ0n) is 11.9. The maximum absolute atomic E-state index is 11.8. The molecular formula is C15H20N2O2S. The third-order valence-electron chi connectivity index (χ3n) is 3.24. The molecule has 0 atom stereocenters. The van der Waals surface area contributed by atoms with Gasteiger partial charge in [0, 0.05) is 25.2 Å². The molecule has 1 aliphatic carbocycles. The first kappa shape index (κ1) is 14.9. The zero-order valence-corrected chi connectivity index (χ0v) is 12.7. The molecule has 5 heteroatoms. The van der Waals surface area contributed by atoms with Crippen LogP contribution in [0.25, 0.3) is 0 Å². The van der Waals surface area contributed by atoms with Crippen molar-refractivity contribution in [2.75, 3.05) is 19.1 Å². The number of carbonyl (C=O) groups excluding carboxylic acids is 2. The van der Waals surface area contributed by atoms with Crippen LogP contribution in [-0.2, 0) is 11.3 Å². The van der Waals surface area contributed by atoms with Crippen LogP contribution in [0.5, 0.6) is 0 Å². The lowest BCUT2D eigenvalue weighted by atomic mass is 10.1. The highest BCUT2D eigenvalue weighted by atomic mass is 32.2. The summed E-state index contributed by atoms with van der Waals surface area (Å²) in [5, 5.41) is 2.96. The number of nitrogens with one attached hydrogen (secondary N) is 1. The molecule has 0 bridgehead atoms. The van der Waals surface area contributed by atoms with Crippen LogP contribution in [0.3, 0.4) is 0 Å². The molecule has 0 radical (unpaired) electrons. The smallest absolute Gasteiger partial charge is 0.251 e. The largest absolute Gasteiger partial charge is 0.349 e. The summed E-state index contributed by atoms with van der Waals surface area (Å²) in [6, 6.07) is 7.83. The standard InChI is InChI=1S/C15H20N2O2S/c1-17(14(18)10-20-2)9-11-3-5-12(6-4-11)15(19)16-13-7-8-13/h3-6,13H,7-10H2,1-2H3,(H,16,19). The molecule has 1 N–H and O–H groups in total. The molecule has 0 spiro atoms. The van der Waals surface area contributed by atoms with E-state index in [9.17, 15) is 9.59 Å². The number of amides is 2. The summed E-state index contributed by atoms with van der Waals surface area (Å²) in [4.78, 5) is 25.2. The molecule has 108 valence electrons. The number of benzene rings is 1. The van der Waals surface area contributed by atoms with Crippen molar-refractivity contribution in [3.8, 4) is 0 Å². The van der Waals surface area contributed by atoms with E-state index in [0.29, 0.717) is 23.9 Å². The molecule has 1 aromatic carbocycles. The minimum absolute atomic E-state index is 0.00846. The fourth-order valence-corrected chi connectivity index (χ4v) is 2.32. The van der Waals surface area contributed by atoms with Gasteiger partial charge in [-0.1, -0.05) is 12.1 Å². The Labute approximate surface area is 123 Å². The van der Waals surface area contributed by atoms with E-state index in [1.807, 2.05) is 30.5 Å². The Balaban J connectivity index is 1.90. The van der Waals surface area contributed by atoms with Gasteiger partial charge in [-0.25, -0.2) is 0 Å². The van der Waals surface area contributed by atoms with Gasteiger partial charge in [0.25, 0.3) is 5.91 Å². The summed E-state index contributed by atoms with van der Waals surface area (Å²) in [7, 11) is 1.80. The minimum Gasteiger partial charge on any atom is -0.349 e. The highest BCUT2D eigenvalue weighted by molar-refractivity contribution is 7.99. The predicted octanol–water partition coefficient (Wildman–Crippen LogP) is 1.90. The Morgan fingerprint density at radius 1 is 1.30 bits per heavy atom.